The minimum atomic E-state index is 0.428. The Hall–Kier alpha value is -0.940. The Labute approximate surface area is 82.8 Å². The van der Waals surface area contributed by atoms with Crippen molar-refractivity contribution in [1.82, 2.24) is 15.5 Å². The molecule has 0 amide bonds. The lowest BCUT2D eigenvalue weighted by Crippen LogP contribution is -2.44. The van der Waals surface area contributed by atoms with Crippen molar-refractivity contribution in [3.05, 3.63) is 11.7 Å². The third kappa shape index (κ3) is 2.10. The molecule has 5 nitrogen and oxygen atoms in total. The van der Waals surface area contributed by atoms with Crippen LogP contribution in [0.2, 0.25) is 0 Å². The molecule has 1 fully saturated rings. The van der Waals surface area contributed by atoms with E-state index in [4.69, 9.17) is 9.26 Å². The number of ether oxygens (including phenoxy) is 1. The Kier molecular flexibility index (Phi) is 2.79. The highest BCUT2D eigenvalue weighted by Crippen LogP contribution is 2.22. The van der Waals surface area contributed by atoms with Gasteiger partial charge in [-0.15, -0.1) is 0 Å². The number of hydrogen-bond donors (Lipinski definition) is 1. The van der Waals surface area contributed by atoms with Crippen LogP contribution in [-0.4, -0.2) is 29.4 Å². The van der Waals surface area contributed by atoms with Crippen molar-refractivity contribution in [2.75, 3.05) is 7.11 Å². The maximum atomic E-state index is 5.18. The summed E-state index contributed by atoms with van der Waals surface area (Å²) < 4.78 is 10.2. The smallest absolute Gasteiger partial charge is 0.240 e. The Morgan fingerprint density at radius 2 is 2.36 bits per heavy atom. The molecule has 0 aromatic carbocycles. The maximum absolute atomic E-state index is 5.18. The van der Waals surface area contributed by atoms with Crippen LogP contribution in [0.3, 0.4) is 0 Å². The summed E-state index contributed by atoms with van der Waals surface area (Å²) in [6.07, 6.45) is 2.57. The second-order valence-corrected chi connectivity index (χ2v) is 3.64. The van der Waals surface area contributed by atoms with Gasteiger partial charge in [-0.2, -0.15) is 4.98 Å². The molecule has 1 aliphatic carbocycles. The highest BCUT2D eigenvalue weighted by atomic mass is 16.5. The van der Waals surface area contributed by atoms with E-state index in [1.165, 1.54) is 0 Å². The van der Waals surface area contributed by atoms with Gasteiger partial charge in [0.1, 0.15) is 0 Å². The Morgan fingerprint density at radius 1 is 1.57 bits per heavy atom. The average Bonchev–Trinajstić information content (AvgIpc) is 2.49. The summed E-state index contributed by atoms with van der Waals surface area (Å²) in [6, 6.07) is 0.534. The summed E-state index contributed by atoms with van der Waals surface area (Å²) in [5.74, 6) is 1.34. The minimum absolute atomic E-state index is 0.428. The van der Waals surface area contributed by atoms with Gasteiger partial charge in [0.2, 0.25) is 5.89 Å². The zero-order valence-corrected chi connectivity index (χ0v) is 8.49. The van der Waals surface area contributed by atoms with Gasteiger partial charge >= 0.3 is 0 Å². The van der Waals surface area contributed by atoms with Gasteiger partial charge in [0.05, 0.1) is 12.6 Å². The number of aryl methyl sites for hydroxylation is 1. The predicted octanol–water partition coefficient (Wildman–Crippen LogP) is 0.645. The van der Waals surface area contributed by atoms with Crippen molar-refractivity contribution in [2.24, 2.45) is 0 Å². The third-order valence-corrected chi connectivity index (χ3v) is 2.54. The SMILES string of the molecule is COC1CC(NCc2nc(C)no2)C1. The minimum Gasteiger partial charge on any atom is -0.381 e. The van der Waals surface area contributed by atoms with Crippen molar-refractivity contribution >= 4 is 0 Å². The highest BCUT2D eigenvalue weighted by molar-refractivity contribution is 4.88. The van der Waals surface area contributed by atoms with Gasteiger partial charge in [-0.1, -0.05) is 5.16 Å². The van der Waals surface area contributed by atoms with Crippen LogP contribution in [0.15, 0.2) is 4.52 Å². The van der Waals surface area contributed by atoms with Gasteiger partial charge in [-0.3, -0.25) is 0 Å². The first-order chi connectivity index (χ1) is 6.78. The van der Waals surface area contributed by atoms with Gasteiger partial charge < -0.3 is 14.6 Å². The van der Waals surface area contributed by atoms with Gasteiger partial charge in [0, 0.05) is 13.2 Å². The zero-order valence-electron chi connectivity index (χ0n) is 8.49. The molecule has 0 atom stereocenters. The second kappa shape index (κ2) is 4.06. The van der Waals surface area contributed by atoms with Crippen LogP contribution in [0, 0.1) is 6.92 Å². The van der Waals surface area contributed by atoms with Gasteiger partial charge in [-0.05, 0) is 19.8 Å². The highest BCUT2D eigenvalue weighted by Gasteiger charge is 2.28. The Bertz CT molecular complexity index is 294. The maximum Gasteiger partial charge on any atom is 0.240 e. The lowest BCUT2D eigenvalue weighted by molar-refractivity contribution is 0.0163. The van der Waals surface area contributed by atoms with Crippen molar-refractivity contribution in [2.45, 2.75) is 38.5 Å². The van der Waals surface area contributed by atoms with E-state index < -0.39 is 0 Å². The summed E-state index contributed by atoms with van der Waals surface area (Å²) in [7, 11) is 1.75. The lowest BCUT2D eigenvalue weighted by Gasteiger charge is -2.34. The Morgan fingerprint density at radius 3 is 2.93 bits per heavy atom. The first kappa shape index (κ1) is 9.61. The van der Waals surface area contributed by atoms with Gasteiger partial charge in [-0.25, -0.2) is 0 Å². The molecule has 1 saturated carbocycles. The number of nitrogens with one attached hydrogen (secondary N) is 1. The molecule has 0 saturated heterocycles. The number of nitrogens with zero attached hydrogens (tertiary/aromatic N) is 2. The van der Waals surface area contributed by atoms with E-state index in [2.05, 4.69) is 15.5 Å². The molecule has 0 spiro atoms. The summed E-state index contributed by atoms with van der Waals surface area (Å²) in [6.45, 7) is 2.47. The van der Waals surface area contributed by atoms with E-state index in [1.807, 2.05) is 6.92 Å². The molecule has 1 aliphatic rings. The fraction of sp³-hybridized carbons (Fsp3) is 0.778. The average molecular weight is 197 g/mol. The summed E-state index contributed by atoms with van der Waals surface area (Å²) in [4.78, 5) is 4.11. The number of aromatic nitrogens is 2. The molecule has 78 valence electrons. The standard InChI is InChI=1S/C9H15N3O2/c1-6-11-9(14-12-6)5-10-7-3-8(4-7)13-2/h7-8,10H,3-5H2,1-2H3. The normalized spacial score (nSPS) is 26.1. The molecule has 0 unspecified atom stereocenters. The van der Waals surface area contributed by atoms with Crippen molar-refractivity contribution in [1.29, 1.82) is 0 Å². The van der Waals surface area contributed by atoms with Crippen molar-refractivity contribution < 1.29 is 9.26 Å². The molecule has 0 radical (unpaired) electrons. The summed E-state index contributed by atoms with van der Waals surface area (Å²) in [5, 5.41) is 7.06. The molecule has 1 N–H and O–H groups in total. The molecule has 0 bridgehead atoms. The van der Waals surface area contributed by atoms with E-state index in [1.54, 1.807) is 7.11 Å². The zero-order chi connectivity index (χ0) is 9.97. The lowest BCUT2D eigenvalue weighted by atomic mass is 9.89. The predicted molar refractivity (Wildman–Crippen MR) is 49.7 cm³/mol. The van der Waals surface area contributed by atoms with Crippen LogP contribution < -0.4 is 5.32 Å². The van der Waals surface area contributed by atoms with Crippen LogP contribution in [0.25, 0.3) is 0 Å². The number of rotatable bonds is 4. The van der Waals surface area contributed by atoms with Crippen LogP contribution >= 0.6 is 0 Å². The fourth-order valence-corrected chi connectivity index (χ4v) is 1.57. The molecule has 1 heterocycles. The van der Waals surface area contributed by atoms with E-state index in [9.17, 15) is 0 Å². The van der Waals surface area contributed by atoms with Crippen molar-refractivity contribution in [3.8, 4) is 0 Å². The topological polar surface area (TPSA) is 60.2 Å². The van der Waals surface area contributed by atoms with Crippen LogP contribution in [-0.2, 0) is 11.3 Å². The second-order valence-electron chi connectivity index (χ2n) is 3.64. The van der Waals surface area contributed by atoms with E-state index in [-0.39, 0.29) is 0 Å². The van der Waals surface area contributed by atoms with E-state index in [0.29, 0.717) is 30.4 Å². The molecule has 14 heavy (non-hydrogen) atoms. The molecule has 0 aliphatic heterocycles. The van der Waals surface area contributed by atoms with Crippen LogP contribution in [0.4, 0.5) is 0 Å². The molecule has 5 heteroatoms. The van der Waals surface area contributed by atoms with Crippen LogP contribution in [0.5, 0.6) is 0 Å². The molecule has 2 rings (SSSR count). The number of methoxy groups -OCH3 is 1. The van der Waals surface area contributed by atoms with E-state index in [0.717, 1.165) is 12.8 Å². The summed E-state index contributed by atoms with van der Waals surface area (Å²) >= 11 is 0. The fourth-order valence-electron chi connectivity index (χ4n) is 1.57. The Balaban J connectivity index is 1.69. The monoisotopic (exact) mass is 197 g/mol. The number of hydrogen-bond acceptors (Lipinski definition) is 5. The van der Waals surface area contributed by atoms with Gasteiger partial charge in [0.15, 0.2) is 5.82 Å². The summed E-state index contributed by atoms with van der Waals surface area (Å²) in [5.41, 5.74) is 0. The van der Waals surface area contributed by atoms with Crippen LogP contribution in [0.1, 0.15) is 24.6 Å². The quantitative estimate of drug-likeness (QED) is 0.767. The largest absolute Gasteiger partial charge is 0.381 e. The molecule has 1 aromatic rings. The molecular formula is C9H15N3O2. The van der Waals surface area contributed by atoms with Crippen molar-refractivity contribution in [3.63, 3.8) is 0 Å². The molecule has 1 aromatic heterocycles. The first-order valence-corrected chi connectivity index (χ1v) is 4.83. The van der Waals surface area contributed by atoms with Gasteiger partial charge in [0.25, 0.3) is 0 Å². The van der Waals surface area contributed by atoms with E-state index >= 15 is 0 Å². The molecular weight excluding hydrogens is 182 g/mol. The first-order valence-electron chi connectivity index (χ1n) is 4.83. The third-order valence-electron chi connectivity index (χ3n) is 2.54.